The van der Waals surface area contributed by atoms with Crippen molar-refractivity contribution in [2.45, 2.75) is 46.1 Å². The van der Waals surface area contributed by atoms with Crippen LogP contribution in [0, 0.1) is 10.8 Å². The third kappa shape index (κ3) is 2.52. The highest BCUT2D eigenvalue weighted by Gasteiger charge is 2.76. The predicted octanol–water partition coefficient (Wildman–Crippen LogP) is 3.00. The molecule has 8 heteroatoms. The van der Waals surface area contributed by atoms with Gasteiger partial charge in [-0.1, -0.05) is 13.8 Å². The summed E-state index contributed by atoms with van der Waals surface area (Å²) in [5, 5.41) is 0.469. The summed E-state index contributed by atoms with van der Waals surface area (Å²) in [5.74, 6) is -1.68. The Bertz CT molecular complexity index is 1140. The Morgan fingerprint density at radius 3 is 2.43 bits per heavy atom. The molecule has 2 atom stereocenters. The van der Waals surface area contributed by atoms with E-state index < -0.39 is 40.0 Å². The van der Waals surface area contributed by atoms with Gasteiger partial charge in [-0.05, 0) is 44.9 Å². The molecule has 2 unspecified atom stereocenters. The molecule has 0 radical (unpaired) electrons. The van der Waals surface area contributed by atoms with E-state index >= 15 is 0 Å². The first kappa shape index (κ1) is 20.1. The van der Waals surface area contributed by atoms with Crippen molar-refractivity contribution < 1.29 is 33.0 Å². The molecule has 0 N–H and O–H groups in total. The van der Waals surface area contributed by atoms with Gasteiger partial charge in [0.05, 0.1) is 12.0 Å². The quantitative estimate of drug-likeness (QED) is 0.427. The Morgan fingerprint density at radius 2 is 1.83 bits per heavy atom. The highest BCUT2D eigenvalue weighted by molar-refractivity contribution is 5.95. The van der Waals surface area contributed by atoms with E-state index in [4.69, 9.17) is 18.6 Å². The summed E-state index contributed by atoms with van der Waals surface area (Å²) < 4.78 is 21.1. The molecule has 2 aromatic rings. The molecule has 158 valence electrons. The smallest absolute Gasteiger partial charge is 0.356 e. The van der Waals surface area contributed by atoms with E-state index in [1.807, 2.05) is 20.8 Å². The fraction of sp³-hybridized carbons (Fsp3) is 0.455. The topological polar surface area (TPSA) is 109 Å². The second kappa shape index (κ2) is 6.42. The molecule has 4 rings (SSSR count). The third-order valence-electron chi connectivity index (χ3n) is 6.83. The number of carbonyl (C=O) groups is 3. The summed E-state index contributed by atoms with van der Waals surface area (Å²) in [7, 11) is 0. The van der Waals surface area contributed by atoms with Gasteiger partial charge in [0, 0.05) is 16.9 Å². The molecule has 2 bridgehead atoms. The summed E-state index contributed by atoms with van der Waals surface area (Å²) in [6, 6.07) is 5.83. The number of hydrogen-bond donors (Lipinski definition) is 0. The van der Waals surface area contributed by atoms with E-state index in [2.05, 4.69) is 0 Å². The van der Waals surface area contributed by atoms with E-state index in [9.17, 15) is 19.2 Å². The highest BCUT2D eigenvalue weighted by atomic mass is 16.6. The average molecular weight is 414 g/mol. The molecule has 1 aliphatic heterocycles. The maximum atomic E-state index is 13.1. The van der Waals surface area contributed by atoms with E-state index in [-0.39, 0.29) is 23.5 Å². The zero-order valence-corrected chi connectivity index (χ0v) is 17.2. The lowest BCUT2D eigenvalue weighted by Crippen LogP contribution is -2.50. The van der Waals surface area contributed by atoms with Crippen LogP contribution in [-0.4, -0.2) is 30.1 Å². The van der Waals surface area contributed by atoms with Crippen LogP contribution in [0.15, 0.2) is 33.5 Å². The first-order chi connectivity index (χ1) is 14.1. The summed E-state index contributed by atoms with van der Waals surface area (Å²) in [5.41, 5.74) is -3.74. The Hall–Kier alpha value is -3.16. The van der Waals surface area contributed by atoms with Gasteiger partial charge in [0.15, 0.2) is 0 Å². The van der Waals surface area contributed by atoms with Crippen molar-refractivity contribution in [2.75, 3.05) is 6.61 Å². The van der Waals surface area contributed by atoms with Crippen LogP contribution in [0.25, 0.3) is 11.0 Å². The number of carbonyl (C=O) groups excluding carboxylic acids is 3. The third-order valence-corrected chi connectivity index (χ3v) is 6.83. The zero-order valence-electron chi connectivity index (χ0n) is 17.2. The van der Waals surface area contributed by atoms with Crippen LogP contribution >= 0.6 is 0 Å². The van der Waals surface area contributed by atoms with Crippen LogP contribution in [0.2, 0.25) is 0 Å². The Morgan fingerprint density at radius 1 is 1.10 bits per heavy atom. The average Bonchev–Trinajstić information content (AvgIpc) is 2.98. The molecule has 1 aromatic heterocycles. The van der Waals surface area contributed by atoms with Gasteiger partial charge in [-0.3, -0.25) is 4.79 Å². The number of fused-ring (bicyclic) bond motifs is 3. The Balaban J connectivity index is 1.64. The van der Waals surface area contributed by atoms with Gasteiger partial charge < -0.3 is 18.6 Å². The van der Waals surface area contributed by atoms with E-state index in [1.54, 1.807) is 13.0 Å². The van der Waals surface area contributed by atoms with Crippen molar-refractivity contribution in [1.29, 1.82) is 0 Å². The molecule has 1 saturated heterocycles. The van der Waals surface area contributed by atoms with Crippen molar-refractivity contribution in [1.82, 2.24) is 0 Å². The molecule has 0 amide bonds. The highest BCUT2D eigenvalue weighted by Crippen LogP contribution is 2.65. The number of benzene rings is 1. The van der Waals surface area contributed by atoms with Crippen LogP contribution in [0.1, 0.15) is 50.9 Å². The van der Waals surface area contributed by atoms with E-state index in [0.717, 1.165) is 0 Å². The number of ether oxygens (including phenoxy) is 3. The number of hydrogen-bond acceptors (Lipinski definition) is 8. The monoisotopic (exact) mass is 414 g/mol. The van der Waals surface area contributed by atoms with Gasteiger partial charge >= 0.3 is 23.5 Å². The molecular weight excluding hydrogens is 392 g/mol. The van der Waals surface area contributed by atoms with Crippen molar-refractivity contribution >= 4 is 28.9 Å². The fourth-order valence-corrected chi connectivity index (χ4v) is 4.40. The molecule has 2 heterocycles. The van der Waals surface area contributed by atoms with Crippen LogP contribution < -0.4 is 10.4 Å². The predicted molar refractivity (Wildman–Crippen MR) is 104 cm³/mol. The van der Waals surface area contributed by atoms with Crippen LogP contribution in [0.5, 0.6) is 5.75 Å². The van der Waals surface area contributed by atoms with Crippen molar-refractivity contribution in [3.8, 4) is 5.75 Å². The Kier molecular flexibility index (Phi) is 4.31. The first-order valence-corrected chi connectivity index (χ1v) is 9.76. The van der Waals surface area contributed by atoms with E-state index in [0.29, 0.717) is 18.2 Å². The standard InChI is InChI=1S/C22H22O8/c1-5-27-16(23)14-10-12-6-7-13(11-15(12)29-17(14)24)28-19(26)22-9-8-21(4,18(25)30-22)20(22,2)3/h6-7,10-11H,5,8-9H2,1-4H3. The minimum Gasteiger partial charge on any atom is -0.462 e. The van der Waals surface area contributed by atoms with Crippen LogP contribution in [0.4, 0.5) is 0 Å². The maximum absolute atomic E-state index is 13.1. The zero-order chi connectivity index (χ0) is 21.9. The molecule has 30 heavy (non-hydrogen) atoms. The lowest BCUT2D eigenvalue weighted by molar-refractivity contribution is -0.176. The second-order valence-corrected chi connectivity index (χ2v) is 8.43. The van der Waals surface area contributed by atoms with Crippen molar-refractivity contribution in [3.63, 3.8) is 0 Å². The van der Waals surface area contributed by atoms with Gasteiger partial charge in [-0.15, -0.1) is 0 Å². The van der Waals surface area contributed by atoms with E-state index in [1.165, 1.54) is 18.2 Å². The minimum absolute atomic E-state index is 0.132. The molecule has 1 saturated carbocycles. The van der Waals surface area contributed by atoms with Gasteiger partial charge in [0.1, 0.15) is 16.9 Å². The minimum atomic E-state index is -1.36. The fourth-order valence-electron chi connectivity index (χ4n) is 4.40. The Labute approximate surface area is 172 Å². The number of esters is 3. The number of rotatable bonds is 4. The van der Waals surface area contributed by atoms with Crippen LogP contribution in [-0.2, 0) is 19.1 Å². The molecule has 0 spiro atoms. The lowest BCUT2D eigenvalue weighted by Gasteiger charge is -2.34. The summed E-state index contributed by atoms with van der Waals surface area (Å²) >= 11 is 0. The van der Waals surface area contributed by atoms with Gasteiger partial charge in [-0.2, -0.15) is 0 Å². The largest absolute Gasteiger partial charge is 0.462 e. The van der Waals surface area contributed by atoms with Gasteiger partial charge in [0.25, 0.3) is 0 Å². The summed E-state index contributed by atoms with van der Waals surface area (Å²) in [6.07, 6.45) is 0.920. The van der Waals surface area contributed by atoms with Gasteiger partial charge in [0.2, 0.25) is 5.60 Å². The summed E-state index contributed by atoms with van der Waals surface area (Å²) in [6.45, 7) is 7.25. The molecule has 2 aliphatic rings. The van der Waals surface area contributed by atoms with Gasteiger partial charge in [-0.25, -0.2) is 14.4 Å². The molecule has 8 nitrogen and oxygen atoms in total. The molecule has 1 aromatic carbocycles. The SMILES string of the molecule is CCOC(=O)c1cc2ccc(OC(=O)C34CCC(C)(C(=O)O3)C4(C)C)cc2oc1=O. The second-order valence-electron chi connectivity index (χ2n) is 8.43. The lowest BCUT2D eigenvalue weighted by atomic mass is 9.66. The van der Waals surface area contributed by atoms with Crippen molar-refractivity contribution in [2.24, 2.45) is 10.8 Å². The van der Waals surface area contributed by atoms with Crippen molar-refractivity contribution in [3.05, 3.63) is 40.2 Å². The molecule has 2 fully saturated rings. The normalized spacial score (nSPS) is 26.5. The summed E-state index contributed by atoms with van der Waals surface area (Å²) in [4.78, 5) is 49.4. The first-order valence-electron chi connectivity index (χ1n) is 9.76. The molecular formula is C22H22O8. The molecule has 1 aliphatic carbocycles. The van der Waals surface area contributed by atoms with Crippen LogP contribution in [0.3, 0.4) is 0 Å². The maximum Gasteiger partial charge on any atom is 0.356 e.